The van der Waals surface area contributed by atoms with Gasteiger partial charge in [0.05, 0.1) is 5.30 Å². The number of fused-ring (bicyclic) bond motifs is 3. The molecule has 28 heavy (non-hydrogen) atoms. The highest BCUT2D eigenvalue weighted by Crippen LogP contribution is 2.56. The molecule has 5 rings (SSSR count). The topological polar surface area (TPSA) is 35.5 Å². The van der Waals surface area contributed by atoms with Crippen LogP contribution in [0.5, 0.6) is 11.5 Å². The summed E-state index contributed by atoms with van der Waals surface area (Å²) in [4.78, 5) is 0. The van der Waals surface area contributed by atoms with Gasteiger partial charge in [0, 0.05) is 16.7 Å². The Morgan fingerprint density at radius 2 is 1.21 bits per heavy atom. The van der Waals surface area contributed by atoms with Crippen molar-refractivity contribution in [3.05, 3.63) is 103 Å². The monoisotopic (exact) mass is 384 g/mol. The van der Waals surface area contributed by atoms with Crippen LogP contribution in [0.15, 0.2) is 103 Å². The zero-order chi connectivity index (χ0) is 19.0. The van der Waals surface area contributed by atoms with Gasteiger partial charge in [0.25, 0.3) is 0 Å². The number of para-hydroxylation sites is 2. The Hall–Kier alpha value is -3.29. The second kappa shape index (κ2) is 6.70. The van der Waals surface area contributed by atoms with Gasteiger partial charge in [0.15, 0.2) is 0 Å². The van der Waals surface area contributed by atoms with Gasteiger partial charge in [-0.05, 0) is 23.8 Å². The standard InChI is InChI=1S/C24H17O3P/c25-28(26-22-15-7-4-12-19(22)18-10-2-1-3-11-18)24-17-9-6-14-21(24)20-13-5-8-16-23(20)27-28/h1-17H. The lowest BCUT2D eigenvalue weighted by Crippen LogP contribution is -2.21. The summed E-state index contributed by atoms with van der Waals surface area (Å²) in [7, 11) is -3.61. The number of hydrogen-bond acceptors (Lipinski definition) is 3. The van der Waals surface area contributed by atoms with Crippen LogP contribution >= 0.6 is 7.60 Å². The normalized spacial score (nSPS) is 17.1. The summed E-state index contributed by atoms with van der Waals surface area (Å²) < 4.78 is 26.0. The lowest BCUT2D eigenvalue weighted by molar-refractivity contribution is 0.398. The van der Waals surface area contributed by atoms with Crippen molar-refractivity contribution in [3.8, 4) is 33.8 Å². The zero-order valence-electron chi connectivity index (χ0n) is 15.0. The van der Waals surface area contributed by atoms with Crippen molar-refractivity contribution in [3.63, 3.8) is 0 Å². The second-order valence-electron chi connectivity index (χ2n) is 6.56. The minimum Gasteiger partial charge on any atom is -0.412 e. The molecule has 1 aliphatic rings. The molecule has 0 aromatic heterocycles. The molecule has 0 amide bonds. The summed E-state index contributed by atoms with van der Waals surface area (Å²) >= 11 is 0. The Morgan fingerprint density at radius 1 is 0.607 bits per heavy atom. The van der Waals surface area contributed by atoms with Gasteiger partial charge < -0.3 is 9.05 Å². The average Bonchev–Trinajstić information content (AvgIpc) is 2.75. The van der Waals surface area contributed by atoms with E-state index in [-0.39, 0.29) is 0 Å². The van der Waals surface area contributed by atoms with E-state index in [0.29, 0.717) is 16.8 Å². The van der Waals surface area contributed by atoms with E-state index in [1.807, 2.05) is 103 Å². The van der Waals surface area contributed by atoms with Crippen LogP contribution in [0.1, 0.15) is 0 Å². The third-order valence-electron chi connectivity index (χ3n) is 4.79. The quantitative estimate of drug-likeness (QED) is 0.388. The minimum absolute atomic E-state index is 0.534. The Kier molecular flexibility index (Phi) is 4.03. The molecule has 0 bridgehead atoms. The van der Waals surface area contributed by atoms with E-state index in [1.54, 1.807) is 0 Å². The molecule has 0 spiro atoms. The molecular weight excluding hydrogens is 367 g/mol. The summed E-state index contributed by atoms with van der Waals surface area (Å²) in [5.41, 5.74) is 3.67. The first-order valence-corrected chi connectivity index (χ1v) is 10.6. The third kappa shape index (κ3) is 2.81. The number of rotatable bonds is 3. The van der Waals surface area contributed by atoms with Crippen LogP contribution in [0, 0.1) is 0 Å². The molecule has 1 unspecified atom stereocenters. The first kappa shape index (κ1) is 16.9. The predicted molar refractivity (Wildman–Crippen MR) is 112 cm³/mol. The van der Waals surface area contributed by atoms with E-state index in [4.69, 9.17) is 9.05 Å². The van der Waals surface area contributed by atoms with Crippen LogP contribution in [-0.4, -0.2) is 0 Å². The molecule has 0 fully saturated rings. The van der Waals surface area contributed by atoms with E-state index in [2.05, 4.69) is 0 Å². The summed E-state index contributed by atoms with van der Waals surface area (Å²) in [5, 5.41) is 0.580. The van der Waals surface area contributed by atoms with Crippen LogP contribution in [0.3, 0.4) is 0 Å². The van der Waals surface area contributed by atoms with Crippen molar-refractivity contribution < 1.29 is 13.6 Å². The van der Waals surface area contributed by atoms with Crippen LogP contribution in [0.25, 0.3) is 22.3 Å². The average molecular weight is 384 g/mol. The summed E-state index contributed by atoms with van der Waals surface area (Å²) in [6.45, 7) is 0. The Bertz CT molecular complexity index is 1200. The van der Waals surface area contributed by atoms with Gasteiger partial charge in [-0.25, -0.2) is 4.57 Å². The molecule has 0 saturated carbocycles. The lowest BCUT2D eigenvalue weighted by atomic mass is 10.0. The predicted octanol–water partition coefficient (Wildman–Crippen LogP) is 6.31. The van der Waals surface area contributed by atoms with Crippen molar-refractivity contribution in [1.29, 1.82) is 0 Å². The largest absolute Gasteiger partial charge is 0.463 e. The van der Waals surface area contributed by atoms with E-state index in [1.165, 1.54) is 0 Å². The van der Waals surface area contributed by atoms with Crippen molar-refractivity contribution >= 4 is 12.9 Å². The van der Waals surface area contributed by atoms with Crippen molar-refractivity contribution in [2.45, 2.75) is 0 Å². The fourth-order valence-corrected chi connectivity index (χ4v) is 5.32. The van der Waals surface area contributed by atoms with Gasteiger partial charge >= 0.3 is 7.60 Å². The van der Waals surface area contributed by atoms with Gasteiger partial charge in [-0.15, -0.1) is 0 Å². The van der Waals surface area contributed by atoms with Crippen molar-refractivity contribution in [2.24, 2.45) is 0 Å². The Balaban J connectivity index is 1.63. The first-order chi connectivity index (χ1) is 13.7. The van der Waals surface area contributed by atoms with Gasteiger partial charge in [-0.2, -0.15) is 0 Å². The molecule has 3 nitrogen and oxygen atoms in total. The maximum absolute atomic E-state index is 13.9. The fraction of sp³-hybridized carbons (Fsp3) is 0. The number of benzene rings is 4. The maximum atomic E-state index is 13.9. The highest BCUT2D eigenvalue weighted by molar-refractivity contribution is 7.63. The molecule has 4 aromatic carbocycles. The molecule has 4 heteroatoms. The molecule has 0 N–H and O–H groups in total. The molecule has 136 valence electrons. The minimum atomic E-state index is -3.61. The van der Waals surface area contributed by atoms with Crippen LogP contribution in [0.4, 0.5) is 0 Å². The van der Waals surface area contributed by atoms with E-state index >= 15 is 0 Å². The highest BCUT2D eigenvalue weighted by Gasteiger charge is 2.39. The van der Waals surface area contributed by atoms with E-state index in [9.17, 15) is 4.57 Å². The fourth-order valence-electron chi connectivity index (χ4n) is 3.49. The van der Waals surface area contributed by atoms with Gasteiger partial charge in [-0.1, -0.05) is 84.9 Å². The molecule has 0 radical (unpaired) electrons. The highest BCUT2D eigenvalue weighted by atomic mass is 31.2. The molecule has 1 atom stereocenters. The molecule has 1 aliphatic heterocycles. The second-order valence-corrected chi connectivity index (χ2v) is 8.40. The zero-order valence-corrected chi connectivity index (χ0v) is 15.9. The van der Waals surface area contributed by atoms with Crippen LogP contribution in [-0.2, 0) is 4.57 Å². The number of hydrogen-bond donors (Lipinski definition) is 0. The van der Waals surface area contributed by atoms with Crippen molar-refractivity contribution in [2.75, 3.05) is 0 Å². The van der Waals surface area contributed by atoms with Crippen molar-refractivity contribution in [1.82, 2.24) is 0 Å². The summed E-state index contributed by atoms with van der Waals surface area (Å²) in [5.74, 6) is 1.10. The molecule has 1 heterocycles. The molecule has 0 aliphatic carbocycles. The smallest absolute Gasteiger partial charge is 0.412 e. The summed E-state index contributed by atoms with van der Waals surface area (Å²) in [6, 6.07) is 32.7. The maximum Gasteiger partial charge on any atom is 0.463 e. The third-order valence-corrected chi connectivity index (χ3v) is 6.64. The van der Waals surface area contributed by atoms with Gasteiger partial charge in [0.2, 0.25) is 0 Å². The van der Waals surface area contributed by atoms with Crippen LogP contribution < -0.4 is 14.4 Å². The molecular formula is C24H17O3P. The van der Waals surface area contributed by atoms with Gasteiger partial charge in [-0.3, -0.25) is 0 Å². The summed E-state index contributed by atoms with van der Waals surface area (Å²) in [6.07, 6.45) is 0. The molecule has 4 aromatic rings. The Morgan fingerprint density at radius 3 is 2.04 bits per heavy atom. The molecule has 0 saturated heterocycles. The van der Waals surface area contributed by atoms with E-state index in [0.717, 1.165) is 22.3 Å². The first-order valence-electron chi connectivity index (χ1n) is 9.07. The SMILES string of the molecule is O=P1(Oc2ccccc2-c2ccccc2)Oc2ccccc2-c2ccccc21. The Labute approximate surface area is 163 Å². The van der Waals surface area contributed by atoms with E-state index < -0.39 is 7.60 Å². The lowest BCUT2D eigenvalue weighted by Gasteiger charge is -2.28. The van der Waals surface area contributed by atoms with Crippen LogP contribution in [0.2, 0.25) is 0 Å². The van der Waals surface area contributed by atoms with Gasteiger partial charge in [0.1, 0.15) is 11.5 Å².